The van der Waals surface area contributed by atoms with Gasteiger partial charge in [-0.25, -0.2) is 18.1 Å². The van der Waals surface area contributed by atoms with Gasteiger partial charge in [0.1, 0.15) is 16.4 Å². The molecule has 0 spiro atoms. The van der Waals surface area contributed by atoms with Crippen molar-refractivity contribution < 1.29 is 12.8 Å². The van der Waals surface area contributed by atoms with Gasteiger partial charge in [-0.2, -0.15) is 0 Å². The van der Waals surface area contributed by atoms with Crippen LogP contribution in [-0.2, 0) is 22.9 Å². The molecule has 0 radical (unpaired) electrons. The first kappa shape index (κ1) is 21.1. The number of benzene rings is 1. The van der Waals surface area contributed by atoms with Crippen molar-refractivity contribution in [3.63, 3.8) is 0 Å². The Morgan fingerprint density at radius 2 is 2.00 bits per heavy atom. The van der Waals surface area contributed by atoms with E-state index in [4.69, 9.17) is 16.0 Å². The lowest BCUT2D eigenvalue weighted by Gasteiger charge is -2.03. The summed E-state index contributed by atoms with van der Waals surface area (Å²) in [4.78, 5) is 22.1. The second kappa shape index (κ2) is 8.00. The molecule has 0 atom stereocenters. The Labute approximate surface area is 192 Å². The Morgan fingerprint density at radius 3 is 2.75 bits per heavy atom. The number of nitrogens with zero attached hydrogens (tertiary/aromatic N) is 1. The van der Waals surface area contributed by atoms with Gasteiger partial charge in [-0.15, -0.1) is 11.3 Å². The van der Waals surface area contributed by atoms with Crippen LogP contribution in [-0.4, -0.2) is 25.4 Å². The van der Waals surface area contributed by atoms with Crippen molar-refractivity contribution in [3.8, 4) is 11.3 Å². The Balaban J connectivity index is 1.43. The summed E-state index contributed by atoms with van der Waals surface area (Å²) >= 11 is 8.01. The maximum Gasteiger partial charge on any atom is 0.260 e. The van der Waals surface area contributed by atoms with Crippen LogP contribution in [0.25, 0.3) is 32.6 Å². The fourth-order valence-electron chi connectivity index (χ4n) is 3.81. The van der Waals surface area contributed by atoms with Crippen LogP contribution in [0, 0.1) is 0 Å². The van der Waals surface area contributed by atoms with Crippen LogP contribution in [0.4, 0.5) is 0 Å². The van der Waals surface area contributed by atoms with Gasteiger partial charge in [0.25, 0.3) is 5.56 Å². The first-order chi connectivity index (χ1) is 15.4. The molecule has 10 heteroatoms. The zero-order valence-corrected chi connectivity index (χ0v) is 19.3. The van der Waals surface area contributed by atoms with E-state index in [9.17, 15) is 13.2 Å². The number of nitrogens with one attached hydrogen (secondary N) is 2. The van der Waals surface area contributed by atoms with Crippen molar-refractivity contribution in [3.05, 3.63) is 68.8 Å². The highest BCUT2D eigenvalue weighted by atomic mass is 35.5. The second-order valence-corrected chi connectivity index (χ2v) is 10.8. The van der Waals surface area contributed by atoms with Gasteiger partial charge < -0.3 is 9.40 Å². The van der Waals surface area contributed by atoms with E-state index in [0.717, 1.165) is 30.4 Å². The first-order valence-corrected chi connectivity index (χ1v) is 12.6. The summed E-state index contributed by atoms with van der Waals surface area (Å²) in [5.74, 6) is 1.33. The summed E-state index contributed by atoms with van der Waals surface area (Å²) in [7, 11) is -2.14. The monoisotopic (exact) mass is 487 g/mol. The van der Waals surface area contributed by atoms with Crippen molar-refractivity contribution in [2.45, 2.75) is 24.2 Å². The number of hydrogen-bond donors (Lipinski definition) is 2. The number of aromatic amines is 1. The van der Waals surface area contributed by atoms with Gasteiger partial charge in [-0.1, -0.05) is 11.6 Å². The Bertz CT molecular complexity index is 1530. The molecule has 164 valence electrons. The third kappa shape index (κ3) is 3.71. The molecular weight excluding hydrogens is 470 g/mol. The minimum Gasteiger partial charge on any atom is -0.457 e. The van der Waals surface area contributed by atoms with Crippen molar-refractivity contribution in [2.24, 2.45) is 0 Å². The van der Waals surface area contributed by atoms with Crippen molar-refractivity contribution >= 4 is 54.3 Å². The number of sulfonamides is 1. The maximum atomic E-state index is 12.6. The number of thiophene rings is 1. The molecule has 0 bridgehead atoms. The number of aromatic nitrogens is 2. The van der Waals surface area contributed by atoms with Crippen LogP contribution in [0.3, 0.4) is 0 Å². The van der Waals surface area contributed by atoms with Crippen LogP contribution in [0.5, 0.6) is 0 Å². The molecule has 0 saturated carbocycles. The minimum atomic E-state index is -3.50. The lowest BCUT2D eigenvalue weighted by Crippen LogP contribution is -2.18. The Hall–Kier alpha value is -2.72. The fourth-order valence-corrected chi connectivity index (χ4v) is 6.00. The molecule has 2 N–H and O–H groups in total. The van der Waals surface area contributed by atoms with Gasteiger partial charge in [-0.05, 0) is 68.3 Å². The van der Waals surface area contributed by atoms with Gasteiger partial charge in [0.05, 0.1) is 15.3 Å². The van der Waals surface area contributed by atoms with E-state index in [1.165, 1.54) is 24.1 Å². The third-order valence-electron chi connectivity index (χ3n) is 5.41. The Morgan fingerprint density at radius 1 is 1.22 bits per heavy atom. The van der Waals surface area contributed by atoms with Crippen LogP contribution in [0.2, 0.25) is 0 Å². The number of hydrogen-bond acceptors (Lipinski definition) is 6. The zero-order chi connectivity index (χ0) is 22.5. The summed E-state index contributed by atoms with van der Waals surface area (Å²) < 4.78 is 31.9. The van der Waals surface area contributed by atoms with Gasteiger partial charge in [0.15, 0.2) is 5.82 Å². The predicted octanol–water partition coefficient (Wildman–Crippen LogP) is 4.38. The van der Waals surface area contributed by atoms with Gasteiger partial charge >= 0.3 is 0 Å². The summed E-state index contributed by atoms with van der Waals surface area (Å²) in [6, 6.07) is 9.86. The summed E-state index contributed by atoms with van der Waals surface area (Å²) in [5.41, 5.74) is 1.67. The summed E-state index contributed by atoms with van der Waals surface area (Å²) in [6.45, 7) is 0. The molecule has 4 aromatic rings. The quantitative estimate of drug-likeness (QED) is 0.434. The standard InChI is InChI=1S/C22H18ClN3O4S2/c1-24-32(28,29)14-8-5-12(6-9-14)17-10-7-13(30-17)11-16(23)20-25-21(27)19-15-3-2-4-18(15)31-22(19)26-20/h5-11,24H,2-4H2,1H3,(H,25,26,27)/b16-11-. The number of halogens is 1. The van der Waals surface area contributed by atoms with Crippen molar-refractivity contribution in [1.82, 2.24) is 14.7 Å². The van der Waals surface area contributed by atoms with Crippen LogP contribution >= 0.6 is 22.9 Å². The highest BCUT2D eigenvalue weighted by molar-refractivity contribution is 7.89. The number of rotatable bonds is 5. The Kier molecular flexibility index (Phi) is 5.29. The molecule has 5 rings (SSSR count). The normalized spacial score (nSPS) is 14.2. The van der Waals surface area contributed by atoms with Crippen LogP contribution < -0.4 is 10.3 Å². The van der Waals surface area contributed by atoms with E-state index in [0.29, 0.717) is 27.6 Å². The highest BCUT2D eigenvalue weighted by Crippen LogP contribution is 2.35. The van der Waals surface area contributed by atoms with E-state index in [-0.39, 0.29) is 15.5 Å². The van der Waals surface area contributed by atoms with Gasteiger partial charge in [0.2, 0.25) is 10.0 Å². The average Bonchev–Trinajstić information content (AvgIpc) is 3.49. The van der Waals surface area contributed by atoms with Gasteiger partial charge in [0, 0.05) is 16.5 Å². The van der Waals surface area contributed by atoms with Crippen molar-refractivity contribution in [2.75, 3.05) is 7.05 Å². The smallest absolute Gasteiger partial charge is 0.260 e. The molecule has 1 aromatic carbocycles. The van der Waals surface area contributed by atoms with Crippen LogP contribution in [0.1, 0.15) is 28.4 Å². The highest BCUT2D eigenvalue weighted by Gasteiger charge is 2.21. The van der Waals surface area contributed by atoms with Crippen molar-refractivity contribution in [1.29, 1.82) is 0 Å². The average molecular weight is 488 g/mol. The summed E-state index contributed by atoms with van der Waals surface area (Å²) in [6.07, 6.45) is 4.58. The molecular formula is C22H18ClN3O4S2. The van der Waals surface area contributed by atoms with E-state index in [2.05, 4.69) is 14.7 Å². The van der Waals surface area contributed by atoms with E-state index in [1.807, 2.05) is 0 Å². The summed E-state index contributed by atoms with van der Waals surface area (Å²) in [5, 5.41) is 0.939. The molecule has 0 aliphatic heterocycles. The molecule has 1 aliphatic carbocycles. The first-order valence-electron chi connectivity index (χ1n) is 9.91. The number of aryl methyl sites for hydroxylation is 2. The number of fused-ring (bicyclic) bond motifs is 3. The molecule has 0 unspecified atom stereocenters. The van der Waals surface area contributed by atoms with E-state index >= 15 is 0 Å². The largest absolute Gasteiger partial charge is 0.457 e. The molecule has 32 heavy (non-hydrogen) atoms. The molecule has 0 fully saturated rings. The lowest BCUT2D eigenvalue weighted by atomic mass is 10.2. The fraction of sp³-hybridized carbons (Fsp3) is 0.182. The third-order valence-corrected chi connectivity index (χ3v) is 8.32. The van der Waals surface area contributed by atoms with E-state index in [1.54, 1.807) is 41.7 Å². The molecule has 1 aliphatic rings. The van der Waals surface area contributed by atoms with Crippen LogP contribution in [0.15, 0.2) is 50.5 Å². The molecule has 3 heterocycles. The maximum absolute atomic E-state index is 12.6. The zero-order valence-electron chi connectivity index (χ0n) is 16.9. The van der Waals surface area contributed by atoms with E-state index < -0.39 is 10.0 Å². The minimum absolute atomic E-state index is 0.170. The SMILES string of the molecule is CNS(=O)(=O)c1ccc(-c2ccc(/C=C(\Cl)c3nc4sc5c(c4c(=O)[nH]3)CCC5)o2)cc1. The second-order valence-electron chi connectivity index (χ2n) is 7.38. The topological polar surface area (TPSA) is 105 Å². The molecule has 3 aromatic heterocycles. The molecule has 0 saturated heterocycles. The number of H-pyrrole nitrogens is 1. The molecule has 0 amide bonds. The lowest BCUT2D eigenvalue weighted by molar-refractivity contribution is 0.571. The van der Waals surface area contributed by atoms with Gasteiger partial charge in [-0.3, -0.25) is 4.79 Å². The number of furan rings is 1. The predicted molar refractivity (Wildman–Crippen MR) is 126 cm³/mol. The molecule has 7 nitrogen and oxygen atoms in total.